The summed E-state index contributed by atoms with van der Waals surface area (Å²) in [6.45, 7) is 2.40. The Hall–Kier alpha value is -2.01. The number of halogens is 2. The molecule has 0 saturated carbocycles. The van der Waals surface area contributed by atoms with E-state index in [9.17, 15) is 8.78 Å². The first-order valence-corrected chi connectivity index (χ1v) is 6.35. The maximum atomic E-state index is 14.0. The molecule has 0 spiro atoms. The zero-order chi connectivity index (χ0) is 14.5. The van der Waals surface area contributed by atoms with Crippen molar-refractivity contribution in [3.05, 3.63) is 59.4 Å². The van der Waals surface area contributed by atoms with Crippen molar-refractivity contribution >= 4 is 0 Å². The van der Waals surface area contributed by atoms with Gasteiger partial charge in [0.25, 0.3) is 0 Å². The molecule has 1 aromatic carbocycles. The van der Waals surface area contributed by atoms with Crippen LogP contribution < -0.4 is 10.1 Å². The Kier molecular flexibility index (Phi) is 4.63. The van der Waals surface area contributed by atoms with Crippen LogP contribution in [0, 0.1) is 11.6 Å². The Morgan fingerprint density at radius 2 is 1.90 bits per heavy atom. The fourth-order valence-corrected chi connectivity index (χ4v) is 2.12. The van der Waals surface area contributed by atoms with Crippen LogP contribution in [0.3, 0.4) is 0 Å². The van der Waals surface area contributed by atoms with Gasteiger partial charge >= 0.3 is 0 Å². The lowest BCUT2D eigenvalue weighted by Crippen LogP contribution is -2.25. The Bertz CT molecular complexity index is 570. The van der Waals surface area contributed by atoms with E-state index in [-0.39, 0.29) is 5.56 Å². The summed E-state index contributed by atoms with van der Waals surface area (Å²) in [6, 6.07) is 6.54. The van der Waals surface area contributed by atoms with E-state index >= 15 is 0 Å². The average molecular weight is 278 g/mol. The van der Waals surface area contributed by atoms with Gasteiger partial charge in [0.15, 0.2) is 0 Å². The van der Waals surface area contributed by atoms with Crippen molar-refractivity contribution < 1.29 is 13.5 Å². The summed E-state index contributed by atoms with van der Waals surface area (Å²) in [6.07, 6.45) is 1.57. The number of aromatic nitrogens is 1. The molecule has 5 heteroatoms. The third-order valence-electron chi connectivity index (χ3n) is 2.99. The van der Waals surface area contributed by atoms with Crippen molar-refractivity contribution in [2.24, 2.45) is 0 Å². The van der Waals surface area contributed by atoms with Gasteiger partial charge in [-0.05, 0) is 30.8 Å². The van der Waals surface area contributed by atoms with Crippen LogP contribution in [0.2, 0.25) is 0 Å². The average Bonchev–Trinajstić information content (AvgIpc) is 2.46. The third kappa shape index (κ3) is 2.77. The van der Waals surface area contributed by atoms with Crippen LogP contribution in [0.15, 0.2) is 36.5 Å². The standard InChI is InChI=1S/C15H16F2N2O/c1-3-18-15(13-10(16)6-4-7-11(13)17)14-12(20-2)8-5-9-19-14/h4-9,15,18H,3H2,1-2H3. The van der Waals surface area contributed by atoms with Crippen LogP contribution in [0.5, 0.6) is 5.75 Å². The molecule has 0 bridgehead atoms. The lowest BCUT2D eigenvalue weighted by Gasteiger charge is -2.21. The highest BCUT2D eigenvalue weighted by atomic mass is 19.1. The van der Waals surface area contributed by atoms with E-state index in [0.29, 0.717) is 18.0 Å². The molecular formula is C15H16F2N2O. The highest BCUT2D eigenvalue weighted by Crippen LogP contribution is 2.30. The molecule has 0 saturated heterocycles. The van der Waals surface area contributed by atoms with Gasteiger partial charge < -0.3 is 10.1 Å². The summed E-state index contributed by atoms with van der Waals surface area (Å²) in [5.41, 5.74) is 0.409. The Labute approximate surface area is 116 Å². The summed E-state index contributed by atoms with van der Waals surface area (Å²) >= 11 is 0. The first-order valence-electron chi connectivity index (χ1n) is 6.35. The summed E-state index contributed by atoms with van der Waals surface area (Å²) in [5, 5.41) is 3.05. The molecule has 20 heavy (non-hydrogen) atoms. The summed E-state index contributed by atoms with van der Waals surface area (Å²) in [7, 11) is 1.50. The summed E-state index contributed by atoms with van der Waals surface area (Å²) in [4.78, 5) is 4.21. The van der Waals surface area contributed by atoms with Crippen LogP contribution in [-0.4, -0.2) is 18.6 Å². The van der Waals surface area contributed by atoms with Crippen molar-refractivity contribution in [3.8, 4) is 5.75 Å². The van der Waals surface area contributed by atoms with Gasteiger partial charge in [0.2, 0.25) is 0 Å². The van der Waals surface area contributed by atoms with Gasteiger partial charge in [0.1, 0.15) is 23.1 Å². The van der Waals surface area contributed by atoms with E-state index in [0.717, 1.165) is 0 Å². The normalized spacial score (nSPS) is 12.2. The maximum absolute atomic E-state index is 14.0. The molecule has 1 aromatic heterocycles. The van der Waals surface area contributed by atoms with Gasteiger partial charge in [-0.1, -0.05) is 13.0 Å². The second-order valence-electron chi connectivity index (χ2n) is 4.22. The molecule has 0 amide bonds. The zero-order valence-electron chi connectivity index (χ0n) is 11.4. The lowest BCUT2D eigenvalue weighted by molar-refractivity contribution is 0.397. The zero-order valence-corrected chi connectivity index (χ0v) is 11.4. The van der Waals surface area contributed by atoms with Crippen molar-refractivity contribution in [2.45, 2.75) is 13.0 Å². The molecule has 0 aliphatic heterocycles. The number of methoxy groups -OCH3 is 1. The molecule has 1 N–H and O–H groups in total. The first kappa shape index (κ1) is 14.4. The number of ether oxygens (including phenoxy) is 1. The lowest BCUT2D eigenvalue weighted by atomic mass is 10.0. The second kappa shape index (κ2) is 6.43. The topological polar surface area (TPSA) is 34.2 Å². The van der Waals surface area contributed by atoms with Crippen molar-refractivity contribution in [2.75, 3.05) is 13.7 Å². The minimum atomic E-state index is -0.697. The maximum Gasteiger partial charge on any atom is 0.142 e. The Morgan fingerprint density at radius 1 is 1.20 bits per heavy atom. The van der Waals surface area contributed by atoms with Crippen molar-refractivity contribution in [1.29, 1.82) is 0 Å². The third-order valence-corrected chi connectivity index (χ3v) is 2.99. The molecule has 0 fully saturated rings. The monoisotopic (exact) mass is 278 g/mol. The van der Waals surface area contributed by atoms with Gasteiger partial charge in [0.05, 0.1) is 13.2 Å². The van der Waals surface area contributed by atoms with E-state index in [1.807, 2.05) is 6.92 Å². The predicted molar refractivity (Wildman–Crippen MR) is 72.7 cm³/mol. The molecule has 2 aromatic rings. The highest BCUT2D eigenvalue weighted by molar-refractivity contribution is 5.38. The number of hydrogen-bond acceptors (Lipinski definition) is 3. The molecule has 0 radical (unpaired) electrons. The minimum absolute atomic E-state index is 0.0497. The number of benzene rings is 1. The van der Waals surface area contributed by atoms with Gasteiger partial charge in [0, 0.05) is 11.8 Å². The largest absolute Gasteiger partial charge is 0.495 e. The van der Waals surface area contributed by atoms with E-state index in [4.69, 9.17) is 4.74 Å². The summed E-state index contributed by atoms with van der Waals surface area (Å²) in [5.74, 6) is -0.728. The number of pyridine rings is 1. The van der Waals surface area contributed by atoms with Crippen LogP contribution in [0.25, 0.3) is 0 Å². The quantitative estimate of drug-likeness (QED) is 0.912. The number of nitrogens with one attached hydrogen (secondary N) is 1. The predicted octanol–water partition coefficient (Wildman–Crippen LogP) is 3.07. The van der Waals surface area contributed by atoms with E-state index in [1.165, 1.54) is 25.3 Å². The number of rotatable bonds is 5. The SMILES string of the molecule is CCNC(c1ncccc1OC)c1c(F)cccc1F. The van der Waals surface area contributed by atoms with Crippen molar-refractivity contribution in [1.82, 2.24) is 10.3 Å². The van der Waals surface area contributed by atoms with Crippen LogP contribution >= 0.6 is 0 Å². The molecule has 1 unspecified atom stereocenters. The highest BCUT2D eigenvalue weighted by Gasteiger charge is 2.24. The van der Waals surface area contributed by atoms with Crippen LogP contribution in [-0.2, 0) is 0 Å². The van der Waals surface area contributed by atoms with E-state index in [1.54, 1.807) is 18.3 Å². The molecule has 106 valence electrons. The van der Waals surface area contributed by atoms with Gasteiger partial charge in [-0.3, -0.25) is 4.98 Å². The Morgan fingerprint density at radius 3 is 2.50 bits per heavy atom. The number of hydrogen-bond donors (Lipinski definition) is 1. The number of nitrogens with zero attached hydrogens (tertiary/aromatic N) is 1. The van der Waals surface area contributed by atoms with Crippen molar-refractivity contribution in [3.63, 3.8) is 0 Å². The minimum Gasteiger partial charge on any atom is -0.495 e. The molecule has 1 atom stereocenters. The van der Waals surface area contributed by atoms with Crippen LogP contribution in [0.1, 0.15) is 24.2 Å². The van der Waals surface area contributed by atoms with E-state index in [2.05, 4.69) is 10.3 Å². The molecule has 2 rings (SSSR count). The van der Waals surface area contributed by atoms with Gasteiger partial charge in [-0.25, -0.2) is 8.78 Å². The van der Waals surface area contributed by atoms with Crippen LogP contribution in [0.4, 0.5) is 8.78 Å². The molecule has 0 aliphatic carbocycles. The fourth-order valence-electron chi connectivity index (χ4n) is 2.12. The van der Waals surface area contributed by atoms with Gasteiger partial charge in [-0.15, -0.1) is 0 Å². The molecule has 1 heterocycles. The Balaban J connectivity index is 2.56. The second-order valence-corrected chi connectivity index (χ2v) is 4.22. The first-order chi connectivity index (χ1) is 9.69. The van der Waals surface area contributed by atoms with E-state index < -0.39 is 17.7 Å². The smallest absolute Gasteiger partial charge is 0.142 e. The molecule has 0 aliphatic rings. The molecular weight excluding hydrogens is 262 g/mol. The summed E-state index contributed by atoms with van der Waals surface area (Å²) < 4.78 is 33.2. The fraction of sp³-hybridized carbons (Fsp3) is 0.267. The van der Waals surface area contributed by atoms with Gasteiger partial charge in [-0.2, -0.15) is 0 Å². The molecule has 3 nitrogen and oxygen atoms in total.